The maximum absolute atomic E-state index is 12.9. The molecule has 136 valence electrons. The van der Waals surface area contributed by atoms with Crippen LogP contribution in [-0.2, 0) is 21.4 Å². The third-order valence-corrected chi connectivity index (χ3v) is 6.43. The SMILES string of the molecule is COC(=O)N1CC[C@@]2(C1)CN(C(=O)Cc1nccs1)c1ccc(Br)cc12. The van der Waals surface area contributed by atoms with Crippen LogP contribution in [0, 0.1) is 0 Å². The van der Waals surface area contributed by atoms with Gasteiger partial charge in [-0.2, -0.15) is 0 Å². The highest BCUT2D eigenvalue weighted by atomic mass is 79.9. The minimum absolute atomic E-state index is 0.0388. The fraction of sp³-hybridized carbons (Fsp3) is 0.389. The monoisotopic (exact) mass is 435 g/mol. The van der Waals surface area contributed by atoms with Crippen molar-refractivity contribution in [1.29, 1.82) is 0 Å². The van der Waals surface area contributed by atoms with Crippen LogP contribution in [0.2, 0.25) is 0 Å². The van der Waals surface area contributed by atoms with Crippen molar-refractivity contribution in [1.82, 2.24) is 9.88 Å². The number of hydrogen-bond acceptors (Lipinski definition) is 5. The van der Waals surface area contributed by atoms with Crippen LogP contribution in [-0.4, -0.2) is 48.6 Å². The zero-order valence-electron chi connectivity index (χ0n) is 14.3. The number of ether oxygens (including phenoxy) is 1. The predicted octanol–water partition coefficient (Wildman–Crippen LogP) is 3.20. The Kier molecular flexibility index (Phi) is 4.48. The maximum Gasteiger partial charge on any atom is 0.409 e. The van der Waals surface area contributed by atoms with Crippen molar-refractivity contribution in [3.8, 4) is 0 Å². The first-order valence-corrected chi connectivity index (χ1v) is 10.0. The van der Waals surface area contributed by atoms with E-state index in [0.717, 1.165) is 27.2 Å². The van der Waals surface area contributed by atoms with Gasteiger partial charge in [-0.05, 0) is 30.2 Å². The summed E-state index contributed by atoms with van der Waals surface area (Å²) in [7, 11) is 1.40. The lowest BCUT2D eigenvalue weighted by Crippen LogP contribution is -2.40. The molecule has 1 spiro atoms. The molecular formula is C18H18BrN3O3S. The molecule has 4 rings (SSSR count). The summed E-state index contributed by atoms with van der Waals surface area (Å²) in [5.41, 5.74) is 1.80. The molecule has 2 aromatic rings. The fourth-order valence-electron chi connectivity index (χ4n) is 3.94. The number of methoxy groups -OCH3 is 1. The van der Waals surface area contributed by atoms with E-state index in [9.17, 15) is 9.59 Å². The zero-order chi connectivity index (χ0) is 18.3. The van der Waals surface area contributed by atoms with Crippen LogP contribution in [0.5, 0.6) is 0 Å². The normalized spacial score (nSPS) is 21.3. The number of fused-ring (bicyclic) bond motifs is 2. The van der Waals surface area contributed by atoms with E-state index in [4.69, 9.17) is 4.74 Å². The van der Waals surface area contributed by atoms with Crippen LogP contribution >= 0.6 is 27.3 Å². The van der Waals surface area contributed by atoms with Gasteiger partial charge >= 0.3 is 6.09 Å². The average Bonchev–Trinajstić information content (AvgIpc) is 3.35. The van der Waals surface area contributed by atoms with Crippen LogP contribution in [0.4, 0.5) is 10.5 Å². The van der Waals surface area contributed by atoms with Crippen molar-refractivity contribution in [2.45, 2.75) is 18.3 Å². The topological polar surface area (TPSA) is 62.7 Å². The van der Waals surface area contributed by atoms with Gasteiger partial charge in [-0.25, -0.2) is 9.78 Å². The highest BCUT2D eigenvalue weighted by molar-refractivity contribution is 9.10. The Balaban J connectivity index is 1.66. The van der Waals surface area contributed by atoms with E-state index in [1.54, 1.807) is 11.1 Å². The minimum atomic E-state index is -0.314. The van der Waals surface area contributed by atoms with Crippen LogP contribution in [0.25, 0.3) is 0 Å². The number of carbonyl (C=O) groups excluding carboxylic acids is 2. The molecule has 0 bridgehead atoms. The number of carbonyl (C=O) groups is 2. The number of anilines is 1. The summed E-state index contributed by atoms with van der Waals surface area (Å²) in [6, 6.07) is 6.01. The van der Waals surface area contributed by atoms with E-state index in [-0.39, 0.29) is 17.4 Å². The second-order valence-corrected chi connectivity index (χ2v) is 8.56. The van der Waals surface area contributed by atoms with Crippen molar-refractivity contribution in [3.63, 3.8) is 0 Å². The Hall–Kier alpha value is -1.93. The number of halogens is 1. The van der Waals surface area contributed by atoms with Crippen LogP contribution in [0.15, 0.2) is 34.2 Å². The van der Waals surface area contributed by atoms with Gasteiger partial charge in [0.1, 0.15) is 5.01 Å². The maximum atomic E-state index is 12.9. The summed E-state index contributed by atoms with van der Waals surface area (Å²) in [4.78, 5) is 32.7. The summed E-state index contributed by atoms with van der Waals surface area (Å²) in [5, 5.41) is 2.70. The molecule has 0 unspecified atom stereocenters. The van der Waals surface area contributed by atoms with E-state index < -0.39 is 0 Å². The quantitative estimate of drug-likeness (QED) is 0.726. The first kappa shape index (κ1) is 17.5. The molecule has 1 aromatic carbocycles. The summed E-state index contributed by atoms with van der Waals surface area (Å²) in [6.07, 6.45) is 2.51. The van der Waals surface area contributed by atoms with E-state index in [2.05, 4.69) is 27.0 Å². The van der Waals surface area contributed by atoms with Gasteiger partial charge in [0.25, 0.3) is 0 Å². The van der Waals surface area contributed by atoms with Crippen molar-refractivity contribution >= 4 is 45.0 Å². The Bertz CT molecular complexity index is 857. The number of rotatable bonds is 2. The van der Waals surface area contributed by atoms with Gasteiger partial charge < -0.3 is 14.5 Å². The molecule has 1 aromatic heterocycles. The second-order valence-electron chi connectivity index (χ2n) is 6.67. The number of nitrogens with zero attached hydrogens (tertiary/aromatic N) is 3. The molecule has 3 heterocycles. The molecule has 0 N–H and O–H groups in total. The standard InChI is InChI=1S/C18H18BrN3O3S/c1-25-17(24)21-6-4-18(10-21)11-22(14-3-2-12(19)8-13(14)18)16(23)9-15-20-5-7-26-15/h2-3,5,7-8H,4,6,9-11H2,1H3/t18-/m1/s1. The van der Waals surface area contributed by atoms with Crippen LogP contribution in [0.1, 0.15) is 17.0 Å². The van der Waals surface area contributed by atoms with Crippen molar-refractivity contribution in [3.05, 3.63) is 44.8 Å². The van der Waals surface area contributed by atoms with Gasteiger partial charge in [-0.3, -0.25) is 4.79 Å². The molecule has 2 aliphatic heterocycles. The molecule has 0 saturated carbocycles. The minimum Gasteiger partial charge on any atom is -0.453 e. The molecule has 2 aliphatic rings. The lowest BCUT2D eigenvalue weighted by molar-refractivity contribution is -0.118. The number of benzene rings is 1. The van der Waals surface area contributed by atoms with E-state index >= 15 is 0 Å². The number of hydrogen-bond donors (Lipinski definition) is 0. The number of thiazole rings is 1. The molecule has 6 nitrogen and oxygen atoms in total. The van der Waals surface area contributed by atoms with Crippen LogP contribution in [0.3, 0.4) is 0 Å². The Morgan fingerprint density at radius 1 is 1.38 bits per heavy atom. The second kappa shape index (κ2) is 6.66. The largest absolute Gasteiger partial charge is 0.453 e. The summed E-state index contributed by atoms with van der Waals surface area (Å²) >= 11 is 5.03. The van der Waals surface area contributed by atoms with Crippen molar-refractivity contribution in [2.75, 3.05) is 31.6 Å². The molecule has 1 saturated heterocycles. The summed E-state index contributed by atoms with van der Waals surface area (Å²) < 4.78 is 5.86. The first-order valence-electron chi connectivity index (χ1n) is 8.34. The van der Waals surface area contributed by atoms with Gasteiger partial charge in [0, 0.05) is 46.8 Å². The first-order chi connectivity index (χ1) is 12.5. The molecule has 0 aliphatic carbocycles. The Morgan fingerprint density at radius 2 is 2.23 bits per heavy atom. The van der Waals surface area contributed by atoms with E-state index in [1.807, 2.05) is 22.4 Å². The number of amides is 2. The van der Waals surface area contributed by atoms with Gasteiger partial charge in [-0.15, -0.1) is 11.3 Å². The van der Waals surface area contributed by atoms with Crippen molar-refractivity contribution < 1.29 is 14.3 Å². The summed E-state index contributed by atoms with van der Waals surface area (Å²) in [5.74, 6) is 0.0388. The number of aromatic nitrogens is 1. The third-order valence-electron chi connectivity index (χ3n) is 5.16. The summed E-state index contributed by atoms with van der Waals surface area (Å²) in [6.45, 7) is 1.77. The van der Waals surface area contributed by atoms with E-state index in [1.165, 1.54) is 18.4 Å². The molecule has 1 fully saturated rings. The lowest BCUT2D eigenvalue weighted by Gasteiger charge is -2.25. The van der Waals surface area contributed by atoms with Gasteiger partial charge in [-0.1, -0.05) is 15.9 Å². The van der Waals surface area contributed by atoms with Gasteiger partial charge in [0.2, 0.25) is 5.91 Å². The smallest absolute Gasteiger partial charge is 0.409 e. The van der Waals surface area contributed by atoms with Crippen molar-refractivity contribution in [2.24, 2.45) is 0 Å². The Labute approximate surface area is 163 Å². The third kappa shape index (κ3) is 2.91. The van der Waals surface area contributed by atoms with Gasteiger partial charge in [0.15, 0.2) is 0 Å². The highest BCUT2D eigenvalue weighted by Gasteiger charge is 2.50. The molecule has 26 heavy (non-hydrogen) atoms. The van der Waals surface area contributed by atoms with Gasteiger partial charge in [0.05, 0.1) is 13.5 Å². The van der Waals surface area contributed by atoms with Crippen LogP contribution < -0.4 is 4.90 Å². The predicted molar refractivity (Wildman–Crippen MR) is 103 cm³/mol. The molecule has 1 atom stereocenters. The lowest BCUT2D eigenvalue weighted by atomic mass is 9.81. The molecule has 8 heteroatoms. The average molecular weight is 436 g/mol. The fourth-order valence-corrected chi connectivity index (χ4v) is 4.90. The number of likely N-dealkylation sites (tertiary alicyclic amines) is 1. The molecular weight excluding hydrogens is 418 g/mol. The van der Waals surface area contributed by atoms with E-state index in [0.29, 0.717) is 26.1 Å². The molecule has 2 amide bonds. The molecule has 0 radical (unpaired) electrons. The highest BCUT2D eigenvalue weighted by Crippen LogP contribution is 2.47. The zero-order valence-corrected chi connectivity index (χ0v) is 16.7. The Morgan fingerprint density at radius 3 is 2.96 bits per heavy atom.